The van der Waals surface area contributed by atoms with Gasteiger partial charge in [0, 0.05) is 16.3 Å². The molecule has 3 aromatic rings. The Balaban J connectivity index is 2.02. The fraction of sp³-hybridized carbons (Fsp3) is 0. The van der Waals surface area contributed by atoms with Crippen LogP contribution < -0.4 is 11.1 Å². The molecule has 0 radical (unpaired) electrons. The third-order valence-electron chi connectivity index (χ3n) is 3.28. The van der Waals surface area contributed by atoms with Gasteiger partial charge in [-0.3, -0.25) is 0 Å². The van der Waals surface area contributed by atoms with Gasteiger partial charge in [0.2, 0.25) is 0 Å². The summed E-state index contributed by atoms with van der Waals surface area (Å²) in [6.07, 6.45) is 0. The molecule has 0 amide bonds. The highest BCUT2D eigenvalue weighted by Crippen LogP contribution is 2.27. The van der Waals surface area contributed by atoms with Crippen molar-refractivity contribution in [2.75, 3.05) is 5.32 Å². The number of hydrogen-bond acceptors (Lipinski definition) is 2. The number of fused-ring (bicyclic) bond motifs is 1. The first-order valence-corrected chi connectivity index (χ1v) is 7.27. The molecular formula is C17H13ClN2S. The molecule has 3 aromatic carbocycles. The average Bonchev–Trinajstić information content (AvgIpc) is 2.47. The second-order valence-electron chi connectivity index (χ2n) is 4.74. The first-order chi connectivity index (χ1) is 10.1. The summed E-state index contributed by atoms with van der Waals surface area (Å²) in [6, 6.07) is 19.8. The van der Waals surface area contributed by atoms with Crippen molar-refractivity contribution in [3.05, 3.63) is 71.2 Å². The second-order valence-corrected chi connectivity index (χ2v) is 5.62. The summed E-state index contributed by atoms with van der Waals surface area (Å²) < 4.78 is 0. The van der Waals surface area contributed by atoms with Crippen molar-refractivity contribution in [2.45, 2.75) is 0 Å². The molecule has 3 rings (SSSR count). The van der Waals surface area contributed by atoms with Crippen LogP contribution in [0.2, 0.25) is 5.02 Å². The Kier molecular flexibility index (Phi) is 3.78. The highest BCUT2D eigenvalue weighted by molar-refractivity contribution is 7.80. The largest absolute Gasteiger partial charge is 0.389 e. The van der Waals surface area contributed by atoms with Gasteiger partial charge >= 0.3 is 0 Å². The number of nitrogens with two attached hydrogens (primary N) is 1. The Morgan fingerprint density at radius 1 is 0.952 bits per heavy atom. The van der Waals surface area contributed by atoms with Crippen molar-refractivity contribution in [1.29, 1.82) is 0 Å². The van der Waals surface area contributed by atoms with Gasteiger partial charge in [-0.25, -0.2) is 0 Å². The van der Waals surface area contributed by atoms with Gasteiger partial charge in [-0.2, -0.15) is 0 Å². The molecule has 3 N–H and O–H groups in total. The fourth-order valence-corrected chi connectivity index (χ4v) is 2.61. The lowest BCUT2D eigenvalue weighted by atomic mass is 10.1. The highest BCUT2D eigenvalue weighted by Gasteiger charge is 2.07. The molecule has 0 aliphatic carbocycles. The van der Waals surface area contributed by atoms with Crippen molar-refractivity contribution in [3.8, 4) is 0 Å². The minimum Gasteiger partial charge on any atom is -0.389 e. The van der Waals surface area contributed by atoms with E-state index in [1.165, 1.54) is 10.8 Å². The van der Waals surface area contributed by atoms with Crippen molar-refractivity contribution >= 4 is 51.0 Å². The van der Waals surface area contributed by atoms with Crippen LogP contribution in [0.5, 0.6) is 0 Å². The molecule has 104 valence electrons. The molecule has 2 nitrogen and oxygen atoms in total. The maximum Gasteiger partial charge on any atom is 0.106 e. The van der Waals surface area contributed by atoms with E-state index >= 15 is 0 Å². The number of rotatable bonds is 3. The molecule has 0 aliphatic rings. The number of hydrogen-bond donors (Lipinski definition) is 2. The molecule has 0 bridgehead atoms. The van der Waals surface area contributed by atoms with E-state index < -0.39 is 0 Å². The maximum atomic E-state index is 6.06. The van der Waals surface area contributed by atoms with E-state index in [0.29, 0.717) is 10.0 Å². The van der Waals surface area contributed by atoms with Crippen LogP contribution in [0, 0.1) is 0 Å². The first-order valence-electron chi connectivity index (χ1n) is 6.49. The summed E-state index contributed by atoms with van der Waals surface area (Å²) in [5, 5.41) is 6.34. The Morgan fingerprint density at radius 3 is 2.48 bits per heavy atom. The van der Waals surface area contributed by atoms with Gasteiger partial charge in [-0.1, -0.05) is 54.2 Å². The van der Waals surface area contributed by atoms with Crippen molar-refractivity contribution in [2.24, 2.45) is 5.73 Å². The van der Waals surface area contributed by atoms with Crippen molar-refractivity contribution < 1.29 is 0 Å². The van der Waals surface area contributed by atoms with E-state index in [-0.39, 0.29) is 0 Å². The van der Waals surface area contributed by atoms with Gasteiger partial charge in [0.15, 0.2) is 0 Å². The molecule has 0 atom stereocenters. The maximum absolute atomic E-state index is 6.06. The number of thiocarbonyl (C=S) groups is 1. The van der Waals surface area contributed by atoms with Gasteiger partial charge in [-0.05, 0) is 41.1 Å². The van der Waals surface area contributed by atoms with E-state index in [1.807, 2.05) is 30.3 Å². The van der Waals surface area contributed by atoms with Crippen molar-refractivity contribution in [1.82, 2.24) is 0 Å². The third kappa shape index (κ3) is 2.99. The summed E-state index contributed by atoms with van der Waals surface area (Å²) in [4.78, 5) is 0.343. The Labute approximate surface area is 133 Å². The van der Waals surface area contributed by atoms with Crippen LogP contribution in [-0.2, 0) is 0 Å². The number of anilines is 2. The molecule has 4 heteroatoms. The molecule has 0 aliphatic heterocycles. The lowest BCUT2D eigenvalue weighted by Crippen LogP contribution is -2.11. The lowest BCUT2D eigenvalue weighted by Gasteiger charge is -2.12. The molecule has 0 fully saturated rings. The van der Waals surface area contributed by atoms with Gasteiger partial charge in [0.1, 0.15) is 4.99 Å². The predicted molar refractivity (Wildman–Crippen MR) is 94.6 cm³/mol. The third-order valence-corrected chi connectivity index (χ3v) is 3.73. The van der Waals surface area contributed by atoms with E-state index in [2.05, 4.69) is 29.6 Å². The van der Waals surface area contributed by atoms with E-state index in [1.54, 1.807) is 6.07 Å². The molecule has 0 unspecified atom stereocenters. The summed E-state index contributed by atoms with van der Waals surface area (Å²) in [5.41, 5.74) is 8.31. The van der Waals surface area contributed by atoms with Gasteiger partial charge in [-0.15, -0.1) is 0 Å². The number of nitrogens with one attached hydrogen (secondary N) is 1. The van der Waals surface area contributed by atoms with E-state index in [4.69, 9.17) is 29.6 Å². The van der Waals surface area contributed by atoms with E-state index in [9.17, 15) is 0 Å². The predicted octanol–water partition coefficient (Wildman–Crippen LogP) is 4.87. The average molecular weight is 313 g/mol. The fourth-order valence-electron chi connectivity index (χ4n) is 2.26. The summed E-state index contributed by atoms with van der Waals surface area (Å²) >= 11 is 11.1. The Morgan fingerprint density at radius 2 is 1.71 bits per heavy atom. The standard InChI is InChI=1S/C17H13ClN2S/c18-13-6-8-15(17(19)21)16(10-13)20-14-7-5-11-3-1-2-4-12(11)9-14/h1-10,20H,(H2,19,21). The highest BCUT2D eigenvalue weighted by atomic mass is 35.5. The lowest BCUT2D eigenvalue weighted by molar-refractivity contribution is 1.53. The number of benzene rings is 3. The Hall–Kier alpha value is -2.10. The molecule has 0 saturated heterocycles. The number of halogens is 1. The molecule has 0 spiro atoms. The van der Waals surface area contributed by atoms with Gasteiger partial charge in [0.05, 0.1) is 5.69 Å². The summed E-state index contributed by atoms with van der Waals surface area (Å²) in [6.45, 7) is 0. The van der Waals surface area contributed by atoms with Crippen LogP contribution in [0.25, 0.3) is 10.8 Å². The SMILES string of the molecule is NC(=S)c1ccc(Cl)cc1Nc1ccc2ccccc2c1. The molecule has 0 heterocycles. The zero-order chi connectivity index (χ0) is 14.8. The zero-order valence-electron chi connectivity index (χ0n) is 11.1. The van der Waals surface area contributed by atoms with Crippen LogP contribution in [0.3, 0.4) is 0 Å². The minimum absolute atomic E-state index is 0.343. The summed E-state index contributed by atoms with van der Waals surface area (Å²) in [5.74, 6) is 0. The van der Waals surface area contributed by atoms with Crippen LogP contribution in [-0.4, -0.2) is 4.99 Å². The van der Waals surface area contributed by atoms with Crippen LogP contribution >= 0.6 is 23.8 Å². The molecular weight excluding hydrogens is 300 g/mol. The smallest absolute Gasteiger partial charge is 0.106 e. The molecule has 21 heavy (non-hydrogen) atoms. The minimum atomic E-state index is 0.343. The van der Waals surface area contributed by atoms with Crippen LogP contribution in [0.15, 0.2) is 60.7 Å². The van der Waals surface area contributed by atoms with E-state index in [0.717, 1.165) is 16.9 Å². The zero-order valence-corrected chi connectivity index (χ0v) is 12.7. The van der Waals surface area contributed by atoms with Crippen LogP contribution in [0.1, 0.15) is 5.56 Å². The summed E-state index contributed by atoms with van der Waals surface area (Å²) in [7, 11) is 0. The molecule has 0 aromatic heterocycles. The topological polar surface area (TPSA) is 38.0 Å². The van der Waals surface area contributed by atoms with Gasteiger partial charge < -0.3 is 11.1 Å². The quantitative estimate of drug-likeness (QED) is 0.677. The first kappa shape index (κ1) is 13.9. The van der Waals surface area contributed by atoms with Gasteiger partial charge in [0.25, 0.3) is 0 Å². The monoisotopic (exact) mass is 312 g/mol. The van der Waals surface area contributed by atoms with Crippen molar-refractivity contribution in [3.63, 3.8) is 0 Å². The Bertz CT molecular complexity index is 830. The normalized spacial score (nSPS) is 10.5. The second kappa shape index (κ2) is 5.72. The molecule has 0 saturated carbocycles. The van der Waals surface area contributed by atoms with Crippen LogP contribution in [0.4, 0.5) is 11.4 Å².